The van der Waals surface area contributed by atoms with Crippen LogP contribution in [0.15, 0.2) is 24.3 Å². The highest BCUT2D eigenvalue weighted by Crippen LogP contribution is 2.20. The first-order valence-electron chi connectivity index (χ1n) is 37.1. The SMILES string of the molecule is CCCCC/C=C\C/C=C\CCCCCCCC(=O)OCCCCCCCCCCCCCCCCCCCCCCCCCCCC(=O)NC(CO)C(O)CCCCCCCCCCCCCCCCCCCCCCCCCC. The van der Waals surface area contributed by atoms with Crippen molar-refractivity contribution in [3.63, 3.8) is 0 Å². The van der Waals surface area contributed by atoms with Crippen LogP contribution in [0.2, 0.25) is 0 Å². The Bertz CT molecular complexity index is 1270. The first-order valence-corrected chi connectivity index (χ1v) is 37.1. The topological polar surface area (TPSA) is 95.9 Å². The molecule has 0 aromatic rings. The molecule has 0 spiro atoms. The van der Waals surface area contributed by atoms with Crippen LogP contribution in [0.25, 0.3) is 0 Å². The Kier molecular flexibility index (Phi) is 69.4. The fourth-order valence-corrected chi connectivity index (χ4v) is 11.9. The fraction of sp³-hybridized carbons (Fsp3) is 0.920. The lowest BCUT2D eigenvalue weighted by Gasteiger charge is -2.22. The van der Waals surface area contributed by atoms with E-state index in [1.807, 2.05) is 0 Å². The Morgan fingerprint density at radius 1 is 0.346 bits per heavy atom. The second-order valence-electron chi connectivity index (χ2n) is 25.6. The third-order valence-electron chi connectivity index (χ3n) is 17.5. The van der Waals surface area contributed by atoms with Gasteiger partial charge in [0.1, 0.15) is 0 Å². The van der Waals surface area contributed by atoms with E-state index in [1.165, 1.54) is 334 Å². The molecule has 3 N–H and O–H groups in total. The second-order valence-corrected chi connectivity index (χ2v) is 25.6. The lowest BCUT2D eigenvalue weighted by Crippen LogP contribution is -2.45. The van der Waals surface area contributed by atoms with E-state index < -0.39 is 12.1 Å². The van der Waals surface area contributed by atoms with Crippen molar-refractivity contribution in [2.24, 2.45) is 0 Å². The summed E-state index contributed by atoms with van der Waals surface area (Å²) in [5, 5.41) is 23.5. The summed E-state index contributed by atoms with van der Waals surface area (Å²) in [7, 11) is 0. The van der Waals surface area contributed by atoms with Gasteiger partial charge in [-0.25, -0.2) is 0 Å². The number of unbranched alkanes of at least 4 members (excludes halogenated alkanes) is 55. The zero-order valence-electron chi connectivity index (χ0n) is 55.0. The van der Waals surface area contributed by atoms with Crippen molar-refractivity contribution in [3.8, 4) is 0 Å². The highest BCUT2D eigenvalue weighted by atomic mass is 16.5. The van der Waals surface area contributed by atoms with Crippen LogP contribution >= 0.6 is 0 Å². The molecule has 2 atom stereocenters. The van der Waals surface area contributed by atoms with Gasteiger partial charge in [-0.1, -0.05) is 372 Å². The summed E-state index contributed by atoms with van der Waals surface area (Å²) < 4.78 is 5.49. The number of aliphatic hydroxyl groups excluding tert-OH is 2. The average molecular weight is 1140 g/mol. The fourth-order valence-electron chi connectivity index (χ4n) is 11.9. The number of hydrogen-bond donors (Lipinski definition) is 3. The molecule has 81 heavy (non-hydrogen) atoms. The summed E-state index contributed by atoms with van der Waals surface area (Å²) in [6.45, 7) is 4.96. The summed E-state index contributed by atoms with van der Waals surface area (Å²) in [4.78, 5) is 24.6. The summed E-state index contributed by atoms with van der Waals surface area (Å²) in [5.74, 6) is -0.0247. The van der Waals surface area contributed by atoms with Crippen LogP contribution in [-0.2, 0) is 14.3 Å². The summed E-state index contributed by atoms with van der Waals surface area (Å²) in [6, 6.07) is -0.542. The van der Waals surface area contributed by atoms with Crippen LogP contribution in [0, 0.1) is 0 Å². The molecule has 0 bridgehead atoms. The molecule has 0 radical (unpaired) electrons. The van der Waals surface area contributed by atoms with Crippen LogP contribution < -0.4 is 5.32 Å². The molecular formula is C75H145NO5. The van der Waals surface area contributed by atoms with Crippen LogP contribution in [0.5, 0.6) is 0 Å². The van der Waals surface area contributed by atoms with Gasteiger partial charge in [0.25, 0.3) is 0 Å². The molecule has 0 saturated carbocycles. The van der Waals surface area contributed by atoms with Gasteiger partial charge in [-0.3, -0.25) is 9.59 Å². The Morgan fingerprint density at radius 2 is 0.617 bits per heavy atom. The maximum Gasteiger partial charge on any atom is 0.305 e. The minimum absolute atomic E-state index is 0.00341. The summed E-state index contributed by atoms with van der Waals surface area (Å²) >= 11 is 0. The zero-order chi connectivity index (χ0) is 58.5. The van der Waals surface area contributed by atoms with Crippen molar-refractivity contribution in [2.75, 3.05) is 13.2 Å². The monoisotopic (exact) mass is 1140 g/mol. The van der Waals surface area contributed by atoms with Crippen molar-refractivity contribution >= 4 is 11.9 Å². The van der Waals surface area contributed by atoms with Gasteiger partial charge < -0.3 is 20.3 Å². The summed E-state index contributed by atoms with van der Waals surface area (Å²) in [5.41, 5.74) is 0. The van der Waals surface area contributed by atoms with Gasteiger partial charge in [-0.05, 0) is 57.8 Å². The Morgan fingerprint density at radius 3 is 0.963 bits per heavy atom. The van der Waals surface area contributed by atoms with Crippen molar-refractivity contribution < 1.29 is 24.5 Å². The van der Waals surface area contributed by atoms with E-state index >= 15 is 0 Å². The number of allylic oxidation sites excluding steroid dienone is 4. The Hall–Kier alpha value is -1.66. The van der Waals surface area contributed by atoms with Crippen molar-refractivity contribution in [3.05, 3.63) is 24.3 Å². The van der Waals surface area contributed by atoms with E-state index in [4.69, 9.17) is 4.74 Å². The molecule has 480 valence electrons. The minimum atomic E-state index is -0.665. The van der Waals surface area contributed by atoms with Crippen molar-refractivity contribution in [1.82, 2.24) is 5.32 Å². The lowest BCUT2D eigenvalue weighted by molar-refractivity contribution is -0.143. The Labute approximate surface area is 507 Å². The smallest absolute Gasteiger partial charge is 0.305 e. The number of amides is 1. The van der Waals surface area contributed by atoms with Crippen molar-refractivity contribution in [2.45, 2.75) is 431 Å². The lowest BCUT2D eigenvalue weighted by atomic mass is 10.0. The predicted octanol–water partition coefficient (Wildman–Crippen LogP) is 24.1. The molecule has 1 amide bonds. The van der Waals surface area contributed by atoms with Gasteiger partial charge in [0.05, 0.1) is 25.4 Å². The van der Waals surface area contributed by atoms with E-state index in [1.54, 1.807) is 0 Å². The molecular weight excluding hydrogens is 995 g/mol. The normalized spacial score (nSPS) is 12.6. The molecule has 0 aromatic heterocycles. The number of carbonyl (C=O) groups is 2. The predicted molar refractivity (Wildman–Crippen MR) is 356 cm³/mol. The standard InChI is InChI=1S/C75H145NO5/c1-3-5-7-9-11-13-15-17-19-20-21-22-23-27-30-33-36-40-43-47-51-55-59-63-67-73(78)72(71-77)76-74(79)68-64-60-56-52-48-44-41-37-34-31-28-25-24-26-29-32-35-38-42-46-50-54-58-62-66-70-81-75(80)69-65-61-57-53-49-45-39-18-16-14-12-10-8-6-4-2/h12,14,18,39,72-73,77-78H,3-11,13,15-17,19-38,40-71H2,1-2H3,(H,76,79)/b14-12-,39-18-. The van der Waals surface area contributed by atoms with Crippen molar-refractivity contribution in [1.29, 1.82) is 0 Å². The van der Waals surface area contributed by atoms with Crippen LogP contribution in [0.1, 0.15) is 418 Å². The van der Waals surface area contributed by atoms with E-state index in [0.29, 0.717) is 25.9 Å². The molecule has 0 aliphatic heterocycles. The van der Waals surface area contributed by atoms with E-state index in [0.717, 1.165) is 51.4 Å². The highest BCUT2D eigenvalue weighted by molar-refractivity contribution is 5.76. The highest BCUT2D eigenvalue weighted by Gasteiger charge is 2.20. The Balaban J connectivity index is 3.37. The summed E-state index contributed by atoms with van der Waals surface area (Å²) in [6.07, 6.45) is 89.5. The van der Waals surface area contributed by atoms with Gasteiger partial charge >= 0.3 is 5.97 Å². The third-order valence-corrected chi connectivity index (χ3v) is 17.5. The number of carbonyl (C=O) groups excluding carboxylic acids is 2. The molecule has 6 nitrogen and oxygen atoms in total. The number of ether oxygens (including phenoxy) is 1. The van der Waals surface area contributed by atoms with Gasteiger partial charge in [0.2, 0.25) is 5.91 Å². The van der Waals surface area contributed by atoms with Crippen LogP contribution in [0.4, 0.5) is 0 Å². The average Bonchev–Trinajstić information content (AvgIpc) is 3.47. The number of nitrogens with one attached hydrogen (secondary N) is 1. The number of rotatable bonds is 70. The molecule has 0 aromatic carbocycles. The van der Waals surface area contributed by atoms with Gasteiger partial charge in [0, 0.05) is 12.8 Å². The van der Waals surface area contributed by atoms with Gasteiger partial charge in [-0.2, -0.15) is 0 Å². The van der Waals surface area contributed by atoms with Gasteiger partial charge in [0.15, 0.2) is 0 Å². The number of aliphatic hydroxyl groups is 2. The number of hydrogen-bond acceptors (Lipinski definition) is 5. The quantitative estimate of drug-likeness (QED) is 0.0320. The van der Waals surface area contributed by atoms with Crippen LogP contribution in [-0.4, -0.2) is 47.4 Å². The van der Waals surface area contributed by atoms with E-state index in [-0.39, 0.29) is 18.5 Å². The van der Waals surface area contributed by atoms with E-state index in [9.17, 15) is 19.8 Å². The maximum absolute atomic E-state index is 12.6. The molecule has 6 heteroatoms. The maximum atomic E-state index is 12.6. The first-order chi connectivity index (χ1) is 40.0. The molecule has 2 unspecified atom stereocenters. The second kappa shape index (κ2) is 70.8. The first kappa shape index (κ1) is 79.3. The molecule has 0 heterocycles. The molecule has 0 rings (SSSR count). The minimum Gasteiger partial charge on any atom is -0.466 e. The third kappa shape index (κ3) is 67.3. The largest absolute Gasteiger partial charge is 0.466 e. The van der Waals surface area contributed by atoms with E-state index in [2.05, 4.69) is 43.5 Å². The van der Waals surface area contributed by atoms with Gasteiger partial charge in [-0.15, -0.1) is 0 Å². The molecule has 0 aliphatic carbocycles. The molecule has 0 aliphatic rings. The molecule has 0 fully saturated rings. The number of esters is 1. The zero-order valence-corrected chi connectivity index (χ0v) is 55.0. The van der Waals surface area contributed by atoms with Crippen LogP contribution in [0.3, 0.4) is 0 Å². The molecule has 0 saturated heterocycles.